The van der Waals surface area contributed by atoms with Gasteiger partial charge in [-0.05, 0) is 36.4 Å². The van der Waals surface area contributed by atoms with E-state index in [4.69, 9.17) is 27.9 Å². The molecule has 2 aromatic carbocycles. The molecule has 1 nitrogen and oxygen atoms in total. The van der Waals surface area contributed by atoms with E-state index in [1.54, 1.807) is 24.3 Å². The topological polar surface area (TPSA) is 9.23 Å². The molecule has 0 amide bonds. The highest BCUT2D eigenvalue weighted by Crippen LogP contribution is 2.31. The zero-order chi connectivity index (χ0) is 12.4. The van der Waals surface area contributed by atoms with Crippen LogP contribution in [0.5, 0.6) is 11.5 Å². The fourth-order valence-electron chi connectivity index (χ4n) is 1.31. The molecule has 5 heteroatoms. The van der Waals surface area contributed by atoms with Crippen LogP contribution in [0.4, 0.5) is 0 Å². The lowest BCUT2D eigenvalue weighted by Gasteiger charge is -2.07. The number of halogens is 4. The second-order valence-corrected chi connectivity index (χ2v) is 6.02. The predicted octanol–water partition coefficient (Wildman–Crippen LogP) is 6.31. The first-order valence-electron chi connectivity index (χ1n) is 4.63. The quantitative estimate of drug-likeness (QED) is 0.577. The van der Waals surface area contributed by atoms with Gasteiger partial charge in [-0.15, -0.1) is 0 Å². The molecule has 17 heavy (non-hydrogen) atoms. The third kappa shape index (κ3) is 3.88. The Labute approximate surface area is 126 Å². The van der Waals surface area contributed by atoms with Crippen LogP contribution in [-0.4, -0.2) is 0 Å². The molecule has 0 aliphatic rings. The summed E-state index contributed by atoms with van der Waals surface area (Å²) in [7, 11) is 0. The summed E-state index contributed by atoms with van der Waals surface area (Å²) in [5, 5.41) is 1.21. The second-order valence-electron chi connectivity index (χ2n) is 3.31. The van der Waals surface area contributed by atoms with E-state index in [0.29, 0.717) is 21.5 Å². The number of hydrogen-bond acceptors (Lipinski definition) is 1. The summed E-state index contributed by atoms with van der Waals surface area (Å²) in [6.45, 7) is 0. The summed E-state index contributed by atoms with van der Waals surface area (Å²) < 4.78 is 7.40. The van der Waals surface area contributed by atoms with Crippen molar-refractivity contribution in [2.45, 2.75) is 0 Å². The van der Waals surface area contributed by atoms with Crippen LogP contribution in [0.1, 0.15) is 0 Å². The van der Waals surface area contributed by atoms with E-state index in [2.05, 4.69) is 31.9 Å². The van der Waals surface area contributed by atoms with Crippen LogP contribution in [0, 0.1) is 0 Å². The van der Waals surface area contributed by atoms with Crippen LogP contribution in [-0.2, 0) is 0 Å². The van der Waals surface area contributed by atoms with Crippen molar-refractivity contribution in [1.82, 2.24) is 0 Å². The number of hydrogen-bond donors (Lipinski definition) is 0. The van der Waals surface area contributed by atoms with Gasteiger partial charge in [0.15, 0.2) is 0 Å². The highest BCUT2D eigenvalue weighted by atomic mass is 79.9. The lowest BCUT2D eigenvalue weighted by Crippen LogP contribution is -1.84. The molecule has 0 fully saturated rings. The maximum Gasteiger partial charge on any atom is 0.130 e. The molecule has 2 rings (SSSR count). The molecule has 0 N–H and O–H groups in total. The minimum Gasteiger partial charge on any atom is -0.457 e. The van der Waals surface area contributed by atoms with Crippen LogP contribution in [0.3, 0.4) is 0 Å². The van der Waals surface area contributed by atoms with Crippen molar-refractivity contribution < 1.29 is 4.74 Å². The molecule has 0 spiro atoms. The predicted molar refractivity (Wildman–Crippen MR) is 78.4 cm³/mol. The van der Waals surface area contributed by atoms with E-state index < -0.39 is 0 Å². The lowest BCUT2D eigenvalue weighted by molar-refractivity contribution is 0.482. The number of benzene rings is 2. The zero-order valence-electron chi connectivity index (χ0n) is 8.38. The van der Waals surface area contributed by atoms with Crippen LogP contribution < -0.4 is 4.74 Å². The molecule has 0 heterocycles. The van der Waals surface area contributed by atoms with Gasteiger partial charge in [0.05, 0.1) is 0 Å². The Morgan fingerprint density at radius 2 is 1.12 bits per heavy atom. The second kappa shape index (κ2) is 5.61. The minimum absolute atomic E-state index is 0.607. The summed E-state index contributed by atoms with van der Waals surface area (Å²) in [4.78, 5) is 0. The third-order valence-corrected chi connectivity index (χ3v) is 3.26. The fourth-order valence-corrected chi connectivity index (χ4v) is 2.97. The first kappa shape index (κ1) is 13.2. The molecule has 0 atom stereocenters. The monoisotopic (exact) mass is 394 g/mol. The van der Waals surface area contributed by atoms with Gasteiger partial charge < -0.3 is 4.74 Å². The van der Waals surface area contributed by atoms with Crippen molar-refractivity contribution in [1.29, 1.82) is 0 Å². The van der Waals surface area contributed by atoms with E-state index in [9.17, 15) is 0 Å². The third-order valence-electron chi connectivity index (χ3n) is 1.91. The van der Waals surface area contributed by atoms with Crippen LogP contribution >= 0.6 is 55.1 Å². The summed E-state index contributed by atoms with van der Waals surface area (Å²) in [6.07, 6.45) is 0. The Kier molecular flexibility index (Phi) is 4.36. The number of rotatable bonds is 2. The molecular formula is C12H6Br2Cl2O. The molecule has 2 aromatic rings. The highest BCUT2D eigenvalue weighted by molar-refractivity contribution is 9.10. The Bertz CT molecular complexity index is 468. The fraction of sp³-hybridized carbons (Fsp3) is 0. The normalized spacial score (nSPS) is 10.4. The van der Waals surface area contributed by atoms with Gasteiger partial charge in [-0.2, -0.15) is 0 Å². The molecule has 0 aliphatic heterocycles. The van der Waals surface area contributed by atoms with Gasteiger partial charge in [-0.25, -0.2) is 0 Å². The molecule has 0 unspecified atom stereocenters. The Morgan fingerprint density at radius 1 is 0.706 bits per heavy atom. The van der Waals surface area contributed by atoms with Crippen molar-refractivity contribution in [2.75, 3.05) is 0 Å². The molecule has 0 saturated heterocycles. The van der Waals surface area contributed by atoms with Gasteiger partial charge in [-0.1, -0.05) is 55.1 Å². The van der Waals surface area contributed by atoms with E-state index in [0.717, 1.165) is 8.95 Å². The van der Waals surface area contributed by atoms with Gasteiger partial charge in [0.1, 0.15) is 11.5 Å². The zero-order valence-corrected chi connectivity index (χ0v) is 13.1. The smallest absolute Gasteiger partial charge is 0.130 e. The number of ether oxygens (including phenoxy) is 1. The van der Waals surface area contributed by atoms with Crippen molar-refractivity contribution >= 4 is 55.1 Å². The van der Waals surface area contributed by atoms with E-state index in [1.807, 2.05) is 12.1 Å². The van der Waals surface area contributed by atoms with Gasteiger partial charge in [0.2, 0.25) is 0 Å². The van der Waals surface area contributed by atoms with Crippen molar-refractivity contribution in [3.63, 3.8) is 0 Å². The molecule has 88 valence electrons. The van der Waals surface area contributed by atoms with E-state index in [-0.39, 0.29) is 0 Å². The van der Waals surface area contributed by atoms with Crippen LogP contribution in [0.25, 0.3) is 0 Å². The highest BCUT2D eigenvalue weighted by Gasteiger charge is 2.03. The summed E-state index contributed by atoms with van der Waals surface area (Å²) in [5.41, 5.74) is 0. The summed E-state index contributed by atoms with van der Waals surface area (Å²) in [5.74, 6) is 1.30. The van der Waals surface area contributed by atoms with Gasteiger partial charge in [0.25, 0.3) is 0 Å². The van der Waals surface area contributed by atoms with E-state index in [1.165, 1.54) is 0 Å². The van der Waals surface area contributed by atoms with Crippen LogP contribution in [0.2, 0.25) is 10.0 Å². The molecule has 0 radical (unpaired) electrons. The average molecular weight is 397 g/mol. The van der Waals surface area contributed by atoms with Crippen LogP contribution in [0.15, 0.2) is 45.3 Å². The lowest BCUT2D eigenvalue weighted by atomic mass is 10.3. The van der Waals surface area contributed by atoms with Crippen molar-refractivity contribution in [3.8, 4) is 11.5 Å². The standard InChI is InChI=1S/C12H6Br2Cl2O/c13-7-1-9(15)5-11(3-7)17-12-4-8(14)2-10(16)6-12/h1-6H. The van der Waals surface area contributed by atoms with Gasteiger partial charge in [0, 0.05) is 19.0 Å². The maximum absolute atomic E-state index is 5.93. The largest absolute Gasteiger partial charge is 0.457 e. The maximum atomic E-state index is 5.93. The average Bonchev–Trinajstić information content (AvgIpc) is 2.13. The van der Waals surface area contributed by atoms with Crippen molar-refractivity contribution in [2.24, 2.45) is 0 Å². The van der Waals surface area contributed by atoms with Crippen molar-refractivity contribution in [3.05, 3.63) is 55.4 Å². The minimum atomic E-state index is 0.607. The molecule has 0 aromatic heterocycles. The molecule has 0 aliphatic carbocycles. The first-order valence-corrected chi connectivity index (χ1v) is 6.97. The summed E-state index contributed by atoms with van der Waals surface area (Å²) in [6, 6.07) is 10.7. The SMILES string of the molecule is Clc1cc(Br)cc(Oc2cc(Cl)cc(Br)c2)c1. The first-order chi connectivity index (χ1) is 8.02. The Hall–Kier alpha value is -0.220. The van der Waals surface area contributed by atoms with Gasteiger partial charge >= 0.3 is 0 Å². The molecular weight excluding hydrogens is 391 g/mol. The Morgan fingerprint density at radius 3 is 1.47 bits per heavy atom. The molecule has 0 saturated carbocycles. The van der Waals surface area contributed by atoms with E-state index >= 15 is 0 Å². The summed E-state index contributed by atoms with van der Waals surface area (Å²) >= 11 is 18.6. The molecule has 0 bridgehead atoms. The van der Waals surface area contributed by atoms with Gasteiger partial charge in [-0.3, -0.25) is 0 Å². The Balaban J connectivity index is 2.31.